The number of quaternary nitrogens is 1. The van der Waals surface area contributed by atoms with Gasteiger partial charge in [-0.25, -0.2) is 9.69 Å². The molecule has 29 heavy (non-hydrogen) atoms. The largest absolute Gasteiger partial charge is 0.415 e. The Morgan fingerprint density at radius 2 is 1.69 bits per heavy atom. The van der Waals surface area contributed by atoms with Crippen LogP contribution in [-0.4, -0.2) is 56.6 Å². The maximum atomic E-state index is 12.5. The van der Waals surface area contributed by atoms with Gasteiger partial charge in [0.1, 0.15) is 0 Å². The predicted molar refractivity (Wildman–Crippen MR) is 104 cm³/mol. The number of carbonyl (C=O) groups excluding carboxylic acids is 3. The lowest BCUT2D eigenvalue weighted by Gasteiger charge is -2.25. The van der Waals surface area contributed by atoms with Crippen LogP contribution in [0.4, 0.5) is 4.79 Å². The SMILES string of the molecule is CC(C)N1C(=O)C(=O)N(C[NH+](Cc2nnc(-c3ccc(Cl)cc3)o2)C(C)C)C1=O. The van der Waals surface area contributed by atoms with E-state index in [4.69, 9.17) is 16.0 Å². The monoisotopic (exact) mass is 420 g/mol. The average molecular weight is 421 g/mol. The van der Waals surface area contributed by atoms with Crippen molar-refractivity contribution >= 4 is 29.4 Å². The van der Waals surface area contributed by atoms with Crippen molar-refractivity contribution in [2.45, 2.75) is 46.3 Å². The van der Waals surface area contributed by atoms with Crippen LogP contribution in [0.2, 0.25) is 5.02 Å². The highest BCUT2D eigenvalue weighted by molar-refractivity contribution is 6.44. The van der Waals surface area contributed by atoms with Crippen molar-refractivity contribution in [1.29, 1.82) is 0 Å². The third kappa shape index (κ3) is 4.30. The fourth-order valence-corrected chi connectivity index (χ4v) is 3.12. The van der Waals surface area contributed by atoms with E-state index in [9.17, 15) is 14.4 Å². The van der Waals surface area contributed by atoms with E-state index in [2.05, 4.69) is 10.2 Å². The standard InChI is InChI=1S/C19H22ClN5O4/c1-11(2)23(10-24-17(26)18(27)25(12(3)4)19(24)28)9-15-21-22-16(29-15)13-5-7-14(20)8-6-13/h5-8,11-12H,9-10H2,1-4H3/p+1. The van der Waals surface area contributed by atoms with Gasteiger partial charge in [0.15, 0.2) is 13.2 Å². The van der Waals surface area contributed by atoms with Crippen LogP contribution in [0.5, 0.6) is 0 Å². The molecule has 154 valence electrons. The van der Waals surface area contributed by atoms with E-state index in [1.807, 2.05) is 13.8 Å². The molecule has 1 unspecified atom stereocenters. The van der Waals surface area contributed by atoms with Gasteiger partial charge in [-0.05, 0) is 52.0 Å². The average Bonchev–Trinajstić information content (AvgIpc) is 3.20. The summed E-state index contributed by atoms with van der Waals surface area (Å²) in [6, 6.07) is 6.07. The van der Waals surface area contributed by atoms with Gasteiger partial charge in [-0.1, -0.05) is 11.6 Å². The molecule has 1 fully saturated rings. The molecular formula is C19H23ClN5O4+. The number of benzene rings is 1. The van der Waals surface area contributed by atoms with E-state index in [0.717, 1.165) is 20.3 Å². The molecule has 3 rings (SSSR count). The molecule has 10 heteroatoms. The lowest BCUT2D eigenvalue weighted by atomic mass is 10.2. The van der Waals surface area contributed by atoms with E-state index in [1.165, 1.54) is 0 Å². The molecule has 1 N–H and O–H groups in total. The molecule has 1 aliphatic heterocycles. The van der Waals surface area contributed by atoms with Crippen LogP contribution in [0.25, 0.3) is 11.5 Å². The molecule has 0 bridgehead atoms. The van der Waals surface area contributed by atoms with Gasteiger partial charge >= 0.3 is 17.8 Å². The van der Waals surface area contributed by atoms with Gasteiger partial charge in [-0.2, -0.15) is 0 Å². The number of imide groups is 2. The van der Waals surface area contributed by atoms with Crippen molar-refractivity contribution in [2.24, 2.45) is 0 Å². The van der Waals surface area contributed by atoms with E-state index in [0.29, 0.717) is 23.3 Å². The normalized spacial score (nSPS) is 15.9. The zero-order chi connectivity index (χ0) is 21.3. The Kier molecular flexibility index (Phi) is 5.99. The second kappa shape index (κ2) is 8.30. The first-order chi connectivity index (χ1) is 13.7. The Bertz CT molecular complexity index is 925. The Balaban J connectivity index is 1.75. The highest BCUT2D eigenvalue weighted by Gasteiger charge is 2.47. The van der Waals surface area contributed by atoms with E-state index < -0.39 is 17.8 Å². The van der Waals surface area contributed by atoms with Crippen molar-refractivity contribution in [3.8, 4) is 11.5 Å². The summed E-state index contributed by atoms with van der Waals surface area (Å²) in [6.45, 7) is 7.60. The van der Waals surface area contributed by atoms with Gasteiger partial charge in [0.05, 0.1) is 6.04 Å². The summed E-state index contributed by atoms with van der Waals surface area (Å²) in [4.78, 5) is 39.7. The Labute approximate surface area is 173 Å². The molecule has 1 aromatic heterocycles. The minimum Gasteiger partial charge on any atom is -0.415 e. The molecule has 1 aromatic carbocycles. The number of carbonyl (C=O) groups is 3. The lowest BCUT2D eigenvalue weighted by Crippen LogP contribution is -3.15. The smallest absolute Gasteiger partial charge is 0.338 e. The number of hydrogen-bond acceptors (Lipinski definition) is 6. The van der Waals surface area contributed by atoms with Gasteiger partial charge < -0.3 is 9.32 Å². The predicted octanol–water partition coefficient (Wildman–Crippen LogP) is 1.34. The zero-order valence-corrected chi connectivity index (χ0v) is 17.4. The van der Waals surface area contributed by atoms with Crippen molar-refractivity contribution in [3.63, 3.8) is 0 Å². The van der Waals surface area contributed by atoms with Crippen LogP contribution in [0.1, 0.15) is 33.6 Å². The molecule has 0 aliphatic carbocycles. The van der Waals surface area contributed by atoms with Gasteiger partial charge in [0, 0.05) is 16.6 Å². The Hall–Kier alpha value is -2.78. The summed E-state index contributed by atoms with van der Waals surface area (Å²) in [5.74, 6) is -0.885. The van der Waals surface area contributed by atoms with Crippen molar-refractivity contribution in [2.75, 3.05) is 6.67 Å². The van der Waals surface area contributed by atoms with Crippen molar-refractivity contribution < 1.29 is 23.7 Å². The summed E-state index contributed by atoms with van der Waals surface area (Å²) in [7, 11) is 0. The highest BCUT2D eigenvalue weighted by atomic mass is 35.5. The number of halogens is 1. The topological polar surface area (TPSA) is 101 Å². The van der Waals surface area contributed by atoms with Crippen molar-refractivity contribution in [3.05, 3.63) is 35.2 Å². The first kappa shape index (κ1) is 20.9. The quantitative estimate of drug-likeness (QED) is 0.535. The molecule has 4 amide bonds. The van der Waals surface area contributed by atoms with E-state index in [-0.39, 0.29) is 18.8 Å². The third-order valence-electron chi connectivity index (χ3n) is 4.71. The Morgan fingerprint density at radius 3 is 2.24 bits per heavy atom. The molecule has 9 nitrogen and oxygen atoms in total. The van der Waals surface area contributed by atoms with Gasteiger partial charge in [-0.3, -0.25) is 14.5 Å². The third-order valence-corrected chi connectivity index (χ3v) is 4.97. The fraction of sp³-hybridized carbons (Fsp3) is 0.421. The van der Waals surface area contributed by atoms with Crippen LogP contribution in [0.15, 0.2) is 28.7 Å². The summed E-state index contributed by atoms with van der Waals surface area (Å²) in [6.07, 6.45) is 0. The lowest BCUT2D eigenvalue weighted by molar-refractivity contribution is -0.943. The molecule has 2 aromatic rings. The molecule has 0 saturated carbocycles. The van der Waals surface area contributed by atoms with Gasteiger partial charge in [0.2, 0.25) is 5.89 Å². The molecule has 1 atom stereocenters. The minimum absolute atomic E-state index is 0.0307. The van der Waals surface area contributed by atoms with Gasteiger partial charge in [-0.15, -0.1) is 10.2 Å². The van der Waals surface area contributed by atoms with Crippen LogP contribution >= 0.6 is 11.6 Å². The second-order valence-electron chi connectivity index (χ2n) is 7.44. The van der Waals surface area contributed by atoms with Crippen LogP contribution in [0.3, 0.4) is 0 Å². The summed E-state index contributed by atoms with van der Waals surface area (Å²) >= 11 is 5.90. The first-order valence-corrected chi connectivity index (χ1v) is 9.68. The first-order valence-electron chi connectivity index (χ1n) is 9.31. The molecule has 2 heterocycles. The number of hydrogen-bond donors (Lipinski definition) is 1. The maximum absolute atomic E-state index is 12.5. The molecule has 1 aliphatic rings. The second-order valence-corrected chi connectivity index (χ2v) is 7.88. The number of amides is 4. The summed E-state index contributed by atoms with van der Waals surface area (Å²) in [5.41, 5.74) is 0.738. The zero-order valence-electron chi connectivity index (χ0n) is 16.7. The van der Waals surface area contributed by atoms with E-state index >= 15 is 0 Å². The molecule has 0 radical (unpaired) electrons. The summed E-state index contributed by atoms with van der Waals surface area (Å²) in [5, 5.41) is 8.73. The molecular weight excluding hydrogens is 398 g/mol. The fourth-order valence-electron chi connectivity index (χ4n) is 2.99. The summed E-state index contributed by atoms with van der Waals surface area (Å²) < 4.78 is 5.74. The van der Waals surface area contributed by atoms with Crippen LogP contribution in [-0.2, 0) is 16.1 Å². The number of nitrogens with one attached hydrogen (secondary N) is 1. The Morgan fingerprint density at radius 1 is 1.03 bits per heavy atom. The van der Waals surface area contributed by atoms with Gasteiger partial charge in [0.25, 0.3) is 5.89 Å². The maximum Gasteiger partial charge on any atom is 0.338 e. The number of urea groups is 1. The van der Waals surface area contributed by atoms with Crippen LogP contribution in [0, 0.1) is 0 Å². The van der Waals surface area contributed by atoms with Crippen molar-refractivity contribution in [1.82, 2.24) is 20.0 Å². The minimum atomic E-state index is -0.811. The number of aromatic nitrogens is 2. The molecule has 1 saturated heterocycles. The van der Waals surface area contributed by atoms with E-state index in [1.54, 1.807) is 38.1 Å². The number of nitrogens with zero attached hydrogens (tertiary/aromatic N) is 4. The highest BCUT2D eigenvalue weighted by Crippen LogP contribution is 2.20. The molecule has 0 spiro atoms. The van der Waals surface area contributed by atoms with Crippen LogP contribution < -0.4 is 4.90 Å². The number of rotatable bonds is 7.